The molecule has 0 amide bonds. The molecule has 3 heteroatoms. The predicted molar refractivity (Wildman–Crippen MR) is 75.8 cm³/mol. The largest absolute Gasteiger partial charge is 0.314 e. The Morgan fingerprint density at radius 2 is 2.12 bits per heavy atom. The average Bonchev–Trinajstić information content (AvgIpc) is 2.34. The second kappa shape index (κ2) is 6.43. The molecule has 1 aliphatic rings. The van der Waals surface area contributed by atoms with Crippen LogP contribution in [0.2, 0.25) is 0 Å². The van der Waals surface area contributed by atoms with Crippen LogP contribution in [-0.2, 0) is 0 Å². The molecule has 0 spiro atoms. The van der Waals surface area contributed by atoms with Crippen molar-refractivity contribution in [3.8, 4) is 0 Å². The second-order valence-corrected chi connectivity index (χ2v) is 5.92. The maximum absolute atomic E-state index is 3.43. The Kier molecular flexibility index (Phi) is 4.89. The van der Waals surface area contributed by atoms with Gasteiger partial charge in [-0.1, -0.05) is 17.7 Å². The Labute approximate surface area is 109 Å². The summed E-state index contributed by atoms with van der Waals surface area (Å²) in [6.07, 6.45) is 0. The highest BCUT2D eigenvalue weighted by atomic mass is 32.2. The zero-order valence-electron chi connectivity index (χ0n) is 10.8. The molecule has 0 aromatic heterocycles. The molecule has 1 aliphatic heterocycles. The van der Waals surface area contributed by atoms with Gasteiger partial charge < -0.3 is 5.32 Å². The van der Waals surface area contributed by atoms with Gasteiger partial charge in [-0.3, -0.25) is 4.90 Å². The van der Waals surface area contributed by atoms with Gasteiger partial charge in [0.05, 0.1) is 0 Å². The van der Waals surface area contributed by atoms with Crippen molar-refractivity contribution in [2.75, 3.05) is 31.9 Å². The van der Waals surface area contributed by atoms with E-state index in [4.69, 9.17) is 0 Å². The highest BCUT2D eigenvalue weighted by Crippen LogP contribution is 2.18. The van der Waals surface area contributed by atoms with Gasteiger partial charge >= 0.3 is 0 Å². The Bertz CT molecular complexity index is 337. The van der Waals surface area contributed by atoms with Crippen molar-refractivity contribution in [2.24, 2.45) is 0 Å². The minimum Gasteiger partial charge on any atom is -0.314 e. The highest BCUT2D eigenvalue weighted by molar-refractivity contribution is 7.99. The van der Waals surface area contributed by atoms with E-state index in [0.717, 1.165) is 13.1 Å². The Morgan fingerprint density at radius 3 is 2.82 bits per heavy atom. The van der Waals surface area contributed by atoms with Crippen molar-refractivity contribution in [3.63, 3.8) is 0 Å². The van der Waals surface area contributed by atoms with Crippen LogP contribution in [0.5, 0.6) is 0 Å². The molecule has 0 aliphatic carbocycles. The first-order chi connectivity index (χ1) is 8.25. The fourth-order valence-corrected chi connectivity index (χ4v) is 3.02. The van der Waals surface area contributed by atoms with Gasteiger partial charge in [0.15, 0.2) is 0 Å². The van der Waals surface area contributed by atoms with Crippen molar-refractivity contribution in [2.45, 2.75) is 24.8 Å². The van der Waals surface area contributed by atoms with Crippen molar-refractivity contribution < 1.29 is 0 Å². The number of hydrogen-bond acceptors (Lipinski definition) is 3. The average molecular weight is 250 g/mol. The van der Waals surface area contributed by atoms with Gasteiger partial charge in [0.25, 0.3) is 0 Å². The summed E-state index contributed by atoms with van der Waals surface area (Å²) in [4.78, 5) is 3.97. The normalized spacial score (nSPS) is 21.6. The topological polar surface area (TPSA) is 15.3 Å². The molecule has 1 unspecified atom stereocenters. The van der Waals surface area contributed by atoms with Gasteiger partial charge in [0.2, 0.25) is 0 Å². The molecule has 1 heterocycles. The zero-order valence-corrected chi connectivity index (χ0v) is 11.6. The van der Waals surface area contributed by atoms with E-state index in [-0.39, 0.29) is 0 Å². The third-order valence-corrected chi connectivity index (χ3v) is 4.30. The SMILES string of the molecule is Cc1ccc(SCCN2CCNCC2C)cc1. The van der Waals surface area contributed by atoms with Crippen molar-refractivity contribution in [1.82, 2.24) is 10.2 Å². The second-order valence-electron chi connectivity index (χ2n) is 4.75. The van der Waals surface area contributed by atoms with Crippen molar-refractivity contribution in [1.29, 1.82) is 0 Å². The van der Waals surface area contributed by atoms with Crippen LogP contribution in [0, 0.1) is 6.92 Å². The quantitative estimate of drug-likeness (QED) is 0.826. The molecule has 1 fully saturated rings. The summed E-state index contributed by atoms with van der Waals surface area (Å²) < 4.78 is 0. The standard InChI is InChI=1S/C14H22N2S/c1-12-3-5-14(6-4-12)17-10-9-16-8-7-15-11-13(16)2/h3-6,13,15H,7-11H2,1-2H3. The first kappa shape index (κ1) is 12.9. The lowest BCUT2D eigenvalue weighted by Crippen LogP contribution is -2.50. The van der Waals surface area contributed by atoms with Gasteiger partial charge in [0, 0.05) is 42.9 Å². The smallest absolute Gasteiger partial charge is 0.0193 e. The molecule has 0 radical (unpaired) electrons. The van der Waals surface area contributed by atoms with Gasteiger partial charge in [-0.15, -0.1) is 11.8 Å². The van der Waals surface area contributed by atoms with Crippen LogP contribution < -0.4 is 5.32 Å². The molecule has 1 aromatic carbocycles. The lowest BCUT2D eigenvalue weighted by atomic mass is 10.2. The van der Waals surface area contributed by atoms with Crippen LogP contribution in [-0.4, -0.2) is 42.9 Å². The summed E-state index contributed by atoms with van der Waals surface area (Å²) >= 11 is 1.96. The fourth-order valence-electron chi connectivity index (χ4n) is 2.13. The van der Waals surface area contributed by atoms with Crippen LogP contribution in [0.4, 0.5) is 0 Å². The van der Waals surface area contributed by atoms with Crippen LogP contribution >= 0.6 is 11.8 Å². The van der Waals surface area contributed by atoms with Crippen LogP contribution in [0.15, 0.2) is 29.2 Å². The molecule has 94 valence electrons. The van der Waals surface area contributed by atoms with E-state index < -0.39 is 0 Å². The van der Waals surface area contributed by atoms with E-state index in [1.54, 1.807) is 0 Å². The van der Waals surface area contributed by atoms with E-state index in [1.807, 2.05) is 11.8 Å². The molecular weight excluding hydrogens is 228 g/mol. The molecule has 0 saturated carbocycles. The molecule has 1 atom stereocenters. The number of thioether (sulfide) groups is 1. The number of nitrogens with zero attached hydrogens (tertiary/aromatic N) is 1. The summed E-state index contributed by atoms with van der Waals surface area (Å²) in [6.45, 7) is 9.10. The Balaban J connectivity index is 1.73. The van der Waals surface area contributed by atoms with E-state index in [1.165, 1.54) is 29.3 Å². The number of aryl methyl sites for hydroxylation is 1. The predicted octanol–water partition coefficient (Wildman–Crippen LogP) is 2.38. The zero-order chi connectivity index (χ0) is 12.1. The Morgan fingerprint density at radius 1 is 1.35 bits per heavy atom. The van der Waals surface area contributed by atoms with Gasteiger partial charge in [0.1, 0.15) is 0 Å². The summed E-state index contributed by atoms with van der Waals surface area (Å²) in [5, 5.41) is 3.43. The molecule has 0 bridgehead atoms. The van der Waals surface area contributed by atoms with E-state index in [9.17, 15) is 0 Å². The van der Waals surface area contributed by atoms with Crippen LogP contribution in [0.3, 0.4) is 0 Å². The molecular formula is C14H22N2S. The number of benzene rings is 1. The number of rotatable bonds is 4. The van der Waals surface area contributed by atoms with Gasteiger partial charge in [-0.05, 0) is 26.0 Å². The van der Waals surface area contributed by atoms with Crippen LogP contribution in [0.1, 0.15) is 12.5 Å². The first-order valence-corrected chi connectivity index (χ1v) is 7.38. The van der Waals surface area contributed by atoms with Gasteiger partial charge in [-0.25, -0.2) is 0 Å². The van der Waals surface area contributed by atoms with Crippen molar-refractivity contribution in [3.05, 3.63) is 29.8 Å². The number of nitrogens with one attached hydrogen (secondary N) is 1. The molecule has 17 heavy (non-hydrogen) atoms. The third-order valence-electron chi connectivity index (χ3n) is 3.31. The van der Waals surface area contributed by atoms with Crippen molar-refractivity contribution >= 4 is 11.8 Å². The fraction of sp³-hybridized carbons (Fsp3) is 0.571. The van der Waals surface area contributed by atoms with E-state index >= 15 is 0 Å². The van der Waals surface area contributed by atoms with E-state index in [2.05, 4.69) is 48.3 Å². The minimum absolute atomic E-state index is 0.683. The summed E-state index contributed by atoms with van der Waals surface area (Å²) in [6, 6.07) is 9.51. The minimum atomic E-state index is 0.683. The molecule has 1 N–H and O–H groups in total. The molecule has 2 nitrogen and oxygen atoms in total. The maximum atomic E-state index is 3.43. The highest BCUT2D eigenvalue weighted by Gasteiger charge is 2.16. The lowest BCUT2D eigenvalue weighted by molar-refractivity contribution is 0.185. The number of piperazine rings is 1. The third kappa shape index (κ3) is 4.02. The summed E-state index contributed by atoms with van der Waals surface area (Å²) in [5.41, 5.74) is 1.34. The lowest BCUT2D eigenvalue weighted by Gasteiger charge is -2.33. The first-order valence-electron chi connectivity index (χ1n) is 6.40. The molecule has 1 aromatic rings. The maximum Gasteiger partial charge on any atom is 0.0193 e. The van der Waals surface area contributed by atoms with Crippen LogP contribution in [0.25, 0.3) is 0 Å². The molecule has 1 saturated heterocycles. The Hall–Kier alpha value is -0.510. The molecule has 2 rings (SSSR count). The summed E-state index contributed by atoms with van der Waals surface area (Å²) in [7, 11) is 0. The van der Waals surface area contributed by atoms with Gasteiger partial charge in [-0.2, -0.15) is 0 Å². The monoisotopic (exact) mass is 250 g/mol. The number of hydrogen-bond donors (Lipinski definition) is 1. The van der Waals surface area contributed by atoms with E-state index in [0.29, 0.717) is 6.04 Å². The summed E-state index contributed by atoms with van der Waals surface area (Å²) in [5.74, 6) is 1.19.